The minimum Gasteiger partial charge on any atom is -0.303 e. The number of nitrogens with zero attached hydrogens (tertiary/aromatic N) is 2. The third-order valence-corrected chi connectivity index (χ3v) is 3.56. The van der Waals surface area contributed by atoms with Crippen molar-refractivity contribution in [1.82, 2.24) is 5.01 Å². The molecule has 1 aliphatic rings. The monoisotopic (exact) mass is 332 g/mol. The Bertz CT molecular complexity index is 583. The summed E-state index contributed by atoms with van der Waals surface area (Å²) in [6, 6.07) is 7.96. The van der Waals surface area contributed by atoms with Crippen LogP contribution < -0.4 is 0 Å². The van der Waals surface area contributed by atoms with E-state index in [2.05, 4.69) is 21.0 Å². The van der Waals surface area contributed by atoms with Gasteiger partial charge in [-0.15, -0.1) is 0 Å². The molecular formula is C16H17BrN2O. The van der Waals surface area contributed by atoms with Crippen LogP contribution in [0.4, 0.5) is 0 Å². The molecule has 1 aromatic rings. The van der Waals surface area contributed by atoms with Crippen LogP contribution in [0.2, 0.25) is 0 Å². The van der Waals surface area contributed by atoms with Gasteiger partial charge in [0.25, 0.3) is 0 Å². The Hall–Kier alpha value is -1.68. The normalized spacial score (nSPS) is 19.4. The van der Waals surface area contributed by atoms with E-state index in [0.29, 0.717) is 0 Å². The molecule has 0 unspecified atom stereocenters. The number of benzene rings is 1. The van der Waals surface area contributed by atoms with Crippen molar-refractivity contribution >= 4 is 34.0 Å². The molecule has 0 N–H and O–H groups in total. The molecule has 0 aromatic heterocycles. The maximum Gasteiger partial charge on any atom is 0.185 e. The van der Waals surface area contributed by atoms with Gasteiger partial charge in [-0.1, -0.05) is 28.1 Å². The molecule has 104 valence electrons. The Kier molecular flexibility index (Phi) is 4.90. The molecule has 0 saturated heterocycles. The number of carbonyl (C=O) groups excluding carboxylic acids is 1. The quantitative estimate of drug-likeness (QED) is 0.480. The largest absolute Gasteiger partial charge is 0.303 e. The van der Waals surface area contributed by atoms with Crippen LogP contribution in [0.25, 0.3) is 6.08 Å². The van der Waals surface area contributed by atoms with Crippen LogP contribution in [0, 0.1) is 0 Å². The summed E-state index contributed by atoms with van der Waals surface area (Å²) >= 11 is 3.40. The van der Waals surface area contributed by atoms with Crippen molar-refractivity contribution in [2.24, 2.45) is 5.10 Å². The van der Waals surface area contributed by atoms with Crippen LogP contribution in [0.3, 0.4) is 0 Å². The SMILES string of the molecule is CN(C)/N=C/C=C1\CC/C(=C\c2ccc(Br)cc2)C1=O. The Balaban J connectivity index is 2.13. The van der Waals surface area contributed by atoms with Gasteiger partial charge in [-0.05, 0) is 42.7 Å². The highest BCUT2D eigenvalue weighted by Crippen LogP contribution is 2.27. The first-order valence-corrected chi connectivity index (χ1v) is 7.27. The zero-order chi connectivity index (χ0) is 14.5. The number of hydrazone groups is 1. The fourth-order valence-electron chi connectivity index (χ4n) is 2.02. The van der Waals surface area contributed by atoms with Gasteiger partial charge in [0.1, 0.15) is 0 Å². The van der Waals surface area contributed by atoms with E-state index in [9.17, 15) is 4.79 Å². The van der Waals surface area contributed by atoms with Crippen molar-refractivity contribution in [3.8, 4) is 0 Å². The van der Waals surface area contributed by atoms with Crippen molar-refractivity contribution in [2.45, 2.75) is 12.8 Å². The van der Waals surface area contributed by atoms with Crippen LogP contribution >= 0.6 is 15.9 Å². The lowest BCUT2D eigenvalue weighted by atomic mass is 10.1. The summed E-state index contributed by atoms with van der Waals surface area (Å²) < 4.78 is 1.04. The minimum atomic E-state index is 0.137. The Morgan fingerprint density at radius 1 is 1.15 bits per heavy atom. The maximum atomic E-state index is 12.2. The van der Waals surface area contributed by atoms with E-state index >= 15 is 0 Å². The fraction of sp³-hybridized carbons (Fsp3) is 0.250. The van der Waals surface area contributed by atoms with E-state index in [4.69, 9.17) is 0 Å². The Morgan fingerprint density at radius 3 is 2.45 bits per heavy atom. The average molecular weight is 333 g/mol. The Morgan fingerprint density at radius 2 is 1.80 bits per heavy atom. The van der Waals surface area contributed by atoms with Gasteiger partial charge >= 0.3 is 0 Å². The van der Waals surface area contributed by atoms with E-state index in [1.165, 1.54) is 0 Å². The van der Waals surface area contributed by atoms with Crippen molar-refractivity contribution in [2.75, 3.05) is 14.1 Å². The zero-order valence-corrected chi connectivity index (χ0v) is 13.2. The van der Waals surface area contributed by atoms with E-state index in [0.717, 1.165) is 34.0 Å². The summed E-state index contributed by atoms with van der Waals surface area (Å²) in [5.41, 5.74) is 2.76. The summed E-state index contributed by atoms with van der Waals surface area (Å²) in [7, 11) is 3.70. The molecule has 2 rings (SSSR count). The van der Waals surface area contributed by atoms with Gasteiger partial charge in [0.2, 0.25) is 0 Å². The first-order chi connectivity index (χ1) is 9.56. The predicted molar refractivity (Wildman–Crippen MR) is 86.6 cm³/mol. The summed E-state index contributed by atoms with van der Waals surface area (Å²) in [6.45, 7) is 0. The molecule has 4 heteroatoms. The number of hydrogen-bond donors (Lipinski definition) is 0. The molecule has 3 nitrogen and oxygen atoms in total. The van der Waals surface area contributed by atoms with Gasteiger partial charge in [0.15, 0.2) is 5.78 Å². The van der Waals surface area contributed by atoms with Crippen LogP contribution in [0.5, 0.6) is 0 Å². The molecule has 0 heterocycles. The smallest absolute Gasteiger partial charge is 0.185 e. The Labute approximate surface area is 127 Å². The molecular weight excluding hydrogens is 316 g/mol. The number of rotatable bonds is 3. The molecule has 20 heavy (non-hydrogen) atoms. The zero-order valence-electron chi connectivity index (χ0n) is 11.6. The van der Waals surface area contributed by atoms with E-state index in [-0.39, 0.29) is 5.78 Å². The van der Waals surface area contributed by atoms with E-state index in [1.54, 1.807) is 11.2 Å². The molecule has 1 saturated carbocycles. The average Bonchev–Trinajstić information content (AvgIpc) is 2.74. The summed E-state index contributed by atoms with van der Waals surface area (Å²) in [5, 5.41) is 5.80. The molecule has 1 aliphatic carbocycles. The lowest BCUT2D eigenvalue weighted by Gasteiger charge is -2.00. The number of carbonyl (C=O) groups is 1. The maximum absolute atomic E-state index is 12.2. The molecule has 0 bridgehead atoms. The van der Waals surface area contributed by atoms with Crippen LogP contribution in [0.1, 0.15) is 18.4 Å². The van der Waals surface area contributed by atoms with Gasteiger partial charge < -0.3 is 5.01 Å². The van der Waals surface area contributed by atoms with Crippen LogP contribution in [0.15, 0.2) is 51.1 Å². The second-order valence-corrected chi connectivity index (χ2v) is 5.77. The highest BCUT2D eigenvalue weighted by Gasteiger charge is 2.22. The summed E-state index contributed by atoms with van der Waals surface area (Å²) in [6.07, 6.45) is 7.05. The van der Waals surface area contributed by atoms with Gasteiger partial charge in [-0.25, -0.2) is 0 Å². The molecule has 0 radical (unpaired) electrons. The lowest BCUT2D eigenvalue weighted by molar-refractivity contribution is -0.111. The topological polar surface area (TPSA) is 32.7 Å². The second kappa shape index (κ2) is 6.66. The van der Waals surface area contributed by atoms with Crippen molar-refractivity contribution < 1.29 is 4.79 Å². The second-order valence-electron chi connectivity index (χ2n) is 4.85. The lowest BCUT2D eigenvalue weighted by Crippen LogP contribution is -2.01. The molecule has 0 amide bonds. The van der Waals surface area contributed by atoms with Gasteiger partial charge in [0.05, 0.1) is 0 Å². The van der Waals surface area contributed by atoms with Crippen LogP contribution in [-0.4, -0.2) is 31.1 Å². The molecule has 0 spiro atoms. The molecule has 1 fully saturated rings. The highest BCUT2D eigenvalue weighted by atomic mass is 79.9. The number of allylic oxidation sites excluding steroid dienone is 3. The molecule has 0 atom stereocenters. The van der Waals surface area contributed by atoms with E-state index in [1.807, 2.05) is 50.5 Å². The third kappa shape index (κ3) is 3.90. The summed E-state index contributed by atoms with van der Waals surface area (Å²) in [5.74, 6) is 0.137. The first kappa shape index (κ1) is 14.7. The van der Waals surface area contributed by atoms with Gasteiger partial charge in [-0.2, -0.15) is 5.10 Å². The fourth-order valence-corrected chi connectivity index (χ4v) is 2.28. The van der Waals surface area contributed by atoms with Crippen molar-refractivity contribution in [3.05, 3.63) is 51.5 Å². The molecule has 1 aromatic carbocycles. The van der Waals surface area contributed by atoms with Crippen LogP contribution in [-0.2, 0) is 4.79 Å². The van der Waals surface area contributed by atoms with Gasteiger partial charge in [-0.3, -0.25) is 4.79 Å². The predicted octanol–water partition coefficient (Wildman–Crippen LogP) is 3.67. The summed E-state index contributed by atoms with van der Waals surface area (Å²) in [4.78, 5) is 12.2. The number of hydrogen-bond acceptors (Lipinski definition) is 3. The first-order valence-electron chi connectivity index (χ1n) is 6.47. The number of halogens is 1. The minimum absolute atomic E-state index is 0.137. The molecule has 0 aliphatic heterocycles. The number of Topliss-reactive ketones (excluding diaryl/α,β-unsaturated/α-hetero) is 1. The number of ketones is 1. The van der Waals surface area contributed by atoms with E-state index < -0.39 is 0 Å². The van der Waals surface area contributed by atoms with Crippen molar-refractivity contribution in [3.63, 3.8) is 0 Å². The van der Waals surface area contributed by atoms with Crippen molar-refractivity contribution in [1.29, 1.82) is 0 Å². The van der Waals surface area contributed by atoms with Gasteiger partial charge in [0, 0.05) is 35.9 Å². The highest BCUT2D eigenvalue weighted by molar-refractivity contribution is 9.10. The standard InChI is InChI=1S/C16H17BrN2O/c1-19(2)18-10-9-13-5-6-14(16(13)20)11-12-3-7-15(17)8-4-12/h3-4,7-11H,5-6H2,1-2H3/b13-9+,14-11+,18-10+. The third-order valence-electron chi connectivity index (χ3n) is 3.03.